The number of unbranched alkanes of at least 4 members (excludes halogenated alkanes) is 50. The van der Waals surface area contributed by atoms with Gasteiger partial charge in [-0.3, -0.25) is 37.3 Å². The van der Waals surface area contributed by atoms with Crippen LogP contribution in [0.2, 0.25) is 0 Å². The fourth-order valence-electron chi connectivity index (χ4n) is 12.4. The van der Waals surface area contributed by atoms with Crippen LogP contribution < -0.4 is 0 Å². The molecule has 0 radical (unpaired) electrons. The van der Waals surface area contributed by atoms with E-state index in [1.807, 2.05) is 0 Å². The minimum atomic E-state index is -4.97. The Morgan fingerprint density at radius 3 is 0.804 bits per heavy atom. The lowest BCUT2D eigenvalue weighted by Gasteiger charge is -2.21. The Bertz CT molecular complexity index is 2040. The second-order valence-electron chi connectivity index (χ2n) is 29.7. The Hall–Kier alpha value is -2.46. The molecule has 19 heteroatoms. The zero-order valence-corrected chi connectivity index (χ0v) is 68.0. The van der Waals surface area contributed by atoms with Gasteiger partial charge in [-0.2, -0.15) is 0 Å². The molecule has 0 spiro atoms. The Labute approximate surface area is 624 Å². The quantitative estimate of drug-likeness (QED) is 0.0169. The van der Waals surface area contributed by atoms with Crippen LogP contribution in [0.25, 0.3) is 0 Å². The molecule has 0 aliphatic carbocycles. The Kier molecular flexibility index (Phi) is 73.5. The first kappa shape index (κ1) is 99.5. The van der Waals surface area contributed by atoms with Crippen LogP contribution in [0, 0.1) is 5.92 Å². The molecule has 0 aromatic carbocycles. The van der Waals surface area contributed by atoms with Crippen molar-refractivity contribution in [2.45, 2.75) is 438 Å². The van der Waals surface area contributed by atoms with E-state index in [1.54, 1.807) is 0 Å². The van der Waals surface area contributed by atoms with Crippen LogP contribution in [0.3, 0.4) is 0 Å². The zero-order valence-electron chi connectivity index (χ0n) is 66.2. The van der Waals surface area contributed by atoms with E-state index in [4.69, 9.17) is 37.0 Å². The van der Waals surface area contributed by atoms with Crippen molar-refractivity contribution in [1.29, 1.82) is 0 Å². The Morgan fingerprint density at radius 2 is 0.529 bits per heavy atom. The SMILES string of the molecule is CCCCCC/C=C\C=C/CCCCCCCC(=O)O[C@H](COC(=O)CCCCCCCCCCC(C)C)COP(=O)(O)OC[C@H](O)COP(=O)(O)OC[C@@H](COC(=O)CCCCCCCCCCCCCCCCCCCC)OC(=O)CCCCCCCCCCCCCCCCCCCC. The number of rotatable bonds is 81. The monoisotopic (exact) mass is 1490 g/mol. The molecule has 0 fully saturated rings. The van der Waals surface area contributed by atoms with E-state index >= 15 is 0 Å². The molecule has 17 nitrogen and oxygen atoms in total. The van der Waals surface area contributed by atoms with Gasteiger partial charge in [0.05, 0.1) is 26.4 Å². The molecule has 0 heterocycles. The van der Waals surface area contributed by atoms with Gasteiger partial charge in [0, 0.05) is 25.7 Å². The van der Waals surface area contributed by atoms with Crippen molar-refractivity contribution >= 4 is 39.5 Å². The first-order valence-corrected chi connectivity index (χ1v) is 45.4. The highest BCUT2D eigenvalue weighted by molar-refractivity contribution is 7.47. The van der Waals surface area contributed by atoms with E-state index in [0.29, 0.717) is 25.7 Å². The lowest BCUT2D eigenvalue weighted by atomic mass is 10.0. The molecule has 0 aromatic heterocycles. The highest BCUT2D eigenvalue weighted by Gasteiger charge is 2.30. The van der Waals surface area contributed by atoms with Crippen molar-refractivity contribution in [3.63, 3.8) is 0 Å². The topological polar surface area (TPSA) is 237 Å². The van der Waals surface area contributed by atoms with Crippen LogP contribution in [0.4, 0.5) is 0 Å². The molecule has 3 N–H and O–H groups in total. The first-order chi connectivity index (χ1) is 49.5. The lowest BCUT2D eigenvalue weighted by Crippen LogP contribution is -2.30. The number of aliphatic hydroxyl groups is 1. The average molecular weight is 1490 g/mol. The largest absolute Gasteiger partial charge is 0.472 e. The standard InChI is InChI=1S/C83H158O17P2/c1-6-9-12-15-18-21-24-27-30-32-34-37-39-42-45-51-56-61-66-80(85)93-72-78(99-82(87)69-64-59-54-47-44-41-38-35-33-31-28-25-22-19-16-13-10-7-2)74-97-101(89,90)95-70-77(84)71-96-102(91,92)98-75-79(73-94-81(86)67-62-57-52-49-48-50-55-60-65-76(4)5)100-83(88)68-63-58-53-46-43-40-36-29-26-23-20-17-14-11-8-3/h23,26,29,36,76-79,84H,6-22,24-25,27-28,30-35,37-75H2,1-5H3,(H,89,90)(H,91,92)/b26-23-,36-29-/t77-,78-,79-/m1/s1. The van der Waals surface area contributed by atoms with Crippen LogP contribution >= 0.6 is 15.6 Å². The second kappa shape index (κ2) is 75.4. The van der Waals surface area contributed by atoms with E-state index in [9.17, 15) is 43.2 Å². The van der Waals surface area contributed by atoms with Gasteiger partial charge in [-0.05, 0) is 57.3 Å². The highest BCUT2D eigenvalue weighted by Crippen LogP contribution is 2.45. The van der Waals surface area contributed by atoms with Crippen LogP contribution in [0.5, 0.6) is 0 Å². The number of hydrogen-bond donors (Lipinski definition) is 3. The van der Waals surface area contributed by atoms with Crippen molar-refractivity contribution < 1.29 is 80.2 Å². The predicted octanol–water partition coefficient (Wildman–Crippen LogP) is 24.8. The predicted molar refractivity (Wildman–Crippen MR) is 418 cm³/mol. The van der Waals surface area contributed by atoms with E-state index in [-0.39, 0.29) is 25.7 Å². The van der Waals surface area contributed by atoms with Gasteiger partial charge in [0.2, 0.25) is 0 Å². The molecular weight excluding hydrogens is 1330 g/mol. The van der Waals surface area contributed by atoms with E-state index in [0.717, 1.165) is 109 Å². The minimum Gasteiger partial charge on any atom is -0.462 e. The van der Waals surface area contributed by atoms with Gasteiger partial charge >= 0.3 is 39.5 Å². The summed E-state index contributed by atoms with van der Waals surface area (Å²) in [4.78, 5) is 73.1. The fraction of sp³-hybridized carbons (Fsp3) is 0.904. The number of phosphoric ester groups is 2. The first-order valence-electron chi connectivity index (χ1n) is 42.5. The number of esters is 4. The third-order valence-electron chi connectivity index (χ3n) is 18.9. The number of allylic oxidation sites excluding steroid dienone is 4. The van der Waals surface area contributed by atoms with Gasteiger partial charge in [-0.1, -0.05) is 367 Å². The summed E-state index contributed by atoms with van der Waals surface area (Å²) in [5.41, 5.74) is 0. The fourth-order valence-corrected chi connectivity index (χ4v) is 14.0. The van der Waals surface area contributed by atoms with Crippen LogP contribution in [0.1, 0.15) is 420 Å². The van der Waals surface area contributed by atoms with Crippen molar-refractivity contribution in [3.8, 4) is 0 Å². The molecule has 0 rings (SSSR count). The van der Waals surface area contributed by atoms with Crippen molar-refractivity contribution in [1.82, 2.24) is 0 Å². The minimum absolute atomic E-state index is 0.0849. The van der Waals surface area contributed by atoms with E-state index in [2.05, 4.69) is 58.9 Å². The number of carbonyl (C=O) groups is 4. The summed E-state index contributed by atoms with van der Waals surface area (Å²) >= 11 is 0. The number of phosphoric acid groups is 2. The maximum absolute atomic E-state index is 13.1. The van der Waals surface area contributed by atoms with Crippen LogP contribution in [-0.4, -0.2) is 96.7 Å². The molecule has 0 saturated heterocycles. The van der Waals surface area contributed by atoms with Gasteiger partial charge in [0.25, 0.3) is 0 Å². The molecule has 0 saturated carbocycles. The van der Waals surface area contributed by atoms with Crippen LogP contribution in [-0.2, 0) is 65.4 Å². The average Bonchev–Trinajstić information content (AvgIpc) is 0.923. The lowest BCUT2D eigenvalue weighted by molar-refractivity contribution is -0.161. The molecule has 0 amide bonds. The Balaban J connectivity index is 5.28. The van der Waals surface area contributed by atoms with Gasteiger partial charge in [-0.15, -0.1) is 0 Å². The molecule has 0 bridgehead atoms. The molecule has 0 aliphatic heterocycles. The summed E-state index contributed by atoms with van der Waals surface area (Å²) in [7, 11) is -9.94. The summed E-state index contributed by atoms with van der Waals surface area (Å²) in [6.45, 7) is 7.24. The molecule has 602 valence electrons. The number of ether oxygens (including phenoxy) is 4. The van der Waals surface area contributed by atoms with Gasteiger partial charge in [0.15, 0.2) is 12.2 Å². The zero-order chi connectivity index (χ0) is 74.8. The molecule has 0 aromatic rings. The third kappa shape index (κ3) is 75.8. The summed E-state index contributed by atoms with van der Waals surface area (Å²) in [6.07, 6.45) is 70.2. The smallest absolute Gasteiger partial charge is 0.462 e. The van der Waals surface area contributed by atoms with E-state index < -0.39 is 97.5 Å². The molecular formula is C83H158O17P2. The van der Waals surface area contributed by atoms with Crippen molar-refractivity contribution in [3.05, 3.63) is 24.3 Å². The van der Waals surface area contributed by atoms with Gasteiger partial charge < -0.3 is 33.8 Å². The summed E-state index contributed by atoms with van der Waals surface area (Å²) in [5, 5.41) is 10.7. The molecule has 102 heavy (non-hydrogen) atoms. The van der Waals surface area contributed by atoms with Crippen LogP contribution in [0.15, 0.2) is 24.3 Å². The maximum atomic E-state index is 13.1. The van der Waals surface area contributed by atoms with Crippen molar-refractivity contribution in [2.24, 2.45) is 5.92 Å². The summed E-state index contributed by atoms with van der Waals surface area (Å²) in [6, 6.07) is 0. The number of hydrogen-bond acceptors (Lipinski definition) is 15. The maximum Gasteiger partial charge on any atom is 0.472 e. The summed E-state index contributed by atoms with van der Waals surface area (Å²) in [5.74, 6) is -1.41. The molecule has 5 atom stereocenters. The molecule has 0 aliphatic rings. The summed E-state index contributed by atoms with van der Waals surface area (Å²) < 4.78 is 68.7. The third-order valence-corrected chi connectivity index (χ3v) is 20.8. The van der Waals surface area contributed by atoms with E-state index in [1.165, 1.54) is 231 Å². The second-order valence-corrected chi connectivity index (χ2v) is 32.6. The number of carbonyl (C=O) groups excluding carboxylic acids is 4. The van der Waals surface area contributed by atoms with Gasteiger partial charge in [0.1, 0.15) is 19.3 Å². The van der Waals surface area contributed by atoms with Gasteiger partial charge in [-0.25, -0.2) is 9.13 Å². The van der Waals surface area contributed by atoms with Crippen molar-refractivity contribution in [2.75, 3.05) is 39.6 Å². The normalized spacial score (nSPS) is 14.0. The molecule has 2 unspecified atom stereocenters. The Morgan fingerprint density at radius 1 is 0.304 bits per heavy atom. The highest BCUT2D eigenvalue weighted by atomic mass is 31.2. The number of aliphatic hydroxyl groups excluding tert-OH is 1.